The molecule has 6 nitrogen and oxygen atoms in total. The number of halogens is 1. The van der Waals surface area contributed by atoms with Crippen LogP contribution in [-0.4, -0.2) is 29.9 Å². The molecule has 0 aliphatic heterocycles. The molecule has 19 heavy (non-hydrogen) atoms. The maximum absolute atomic E-state index is 5.97. The van der Waals surface area contributed by atoms with Gasteiger partial charge in [0.25, 0.3) is 0 Å². The lowest BCUT2D eigenvalue weighted by Gasteiger charge is -2.03. The van der Waals surface area contributed by atoms with Crippen LogP contribution in [0.1, 0.15) is 12.7 Å². The van der Waals surface area contributed by atoms with Crippen LogP contribution in [0.25, 0.3) is 11.2 Å². The Hall–Kier alpha value is -1.73. The topological polar surface area (TPSA) is 80.2 Å². The quantitative estimate of drug-likeness (QED) is 0.747. The normalized spacial score (nSPS) is 11.1. The van der Waals surface area contributed by atoms with E-state index in [9.17, 15) is 0 Å². The number of hydrogen-bond donors (Lipinski definition) is 1. The van der Waals surface area contributed by atoms with Crippen molar-refractivity contribution in [2.24, 2.45) is 0 Å². The third-order valence-corrected chi connectivity index (χ3v) is 3.54. The van der Waals surface area contributed by atoms with Crippen LogP contribution in [0.3, 0.4) is 0 Å². The number of nitrogens with one attached hydrogen (secondary N) is 1. The molecule has 0 unspecified atom stereocenters. The summed E-state index contributed by atoms with van der Waals surface area (Å²) in [4.78, 5) is 24.0. The van der Waals surface area contributed by atoms with Gasteiger partial charge in [0.15, 0.2) is 5.65 Å². The molecule has 0 aromatic carbocycles. The molecule has 3 aromatic heterocycles. The van der Waals surface area contributed by atoms with Gasteiger partial charge in [0.1, 0.15) is 32.9 Å². The first-order valence-corrected chi connectivity index (χ1v) is 6.81. The van der Waals surface area contributed by atoms with Crippen molar-refractivity contribution in [1.82, 2.24) is 29.9 Å². The van der Waals surface area contributed by atoms with Crippen molar-refractivity contribution in [3.05, 3.63) is 29.7 Å². The summed E-state index contributed by atoms with van der Waals surface area (Å²) >= 11 is 7.38. The first-order chi connectivity index (χ1) is 9.26. The lowest BCUT2D eigenvalue weighted by molar-refractivity contribution is 0.887. The van der Waals surface area contributed by atoms with E-state index in [0.29, 0.717) is 16.6 Å². The largest absolute Gasteiger partial charge is 0.341 e. The number of hydrogen-bond acceptors (Lipinski definition) is 6. The summed E-state index contributed by atoms with van der Waals surface area (Å²) in [6.07, 6.45) is 3.81. The van der Waals surface area contributed by atoms with Gasteiger partial charge in [-0.05, 0) is 11.8 Å². The van der Waals surface area contributed by atoms with Gasteiger partial charge in [0.2, 0.25) is 0 Å². The van der Waals surface area contributed by atoms with Gasteiger partial charge in [-0.2, -0.15) is 0 Å². The highest BCUT2D eigenvalue weighted by molar-refractivity contribution is 7.99. The average Bonchev–Trinajstić information content (AvgIpc) is 2.87. The van der Waals surface area contributed by atoms with Crippen molar-refractivity contribution in [2.45, 2.75) is 23.4 Å². The van der Waals surface area contributed by atoms with Crippen LogP contribution in [0.4, 0.5) is 0 Å². The van der Waals surface area contributed by atoms with E-state index >= 15 is 0 Å². The molecule has 0 aliphatic carbocycles. The molecule has 0 aliphatic rings. The minimum atomic E-state index is 0.435. The molecule has 0 radical (unpaired) electrons. The summed E-state index contributed by atoms with van der Waals surface area (Å²) in [5.41, 5.74) is 1.42. The lowest BCUT2D eigenvalue weighted by atomic mass is 10.4. The molecule has 3 aromatic rings. The second-order valence-corrected chi connectivity index (χ2v) is 5.08. The van der Waals surface area contributed by atoms with E-state index in [4.69, 9.17) is 11.6 Å². The molecule has 3 heterocycles. The fourth-order valence-corrected chi connectivity index (χ4v) is 2.71. The Kier molecular flexibility index (Phi) is 3.31. The Morgan fingerprint density at radius 3 is 3.00 bits per heavy atom. The first-order valence-electron chi connectivity index (χ1n) is 5.61. The number of imidazole rings is 1. The van der Waals surface area contributed by atoms with Crippen LogP contribution in [0.2, 0.25) is 5.15 Å². The Morgan fingerprint density at radius 1 is 1.26 bits per heavy atom. The van der Waals surface area contributed by atoms with Crippen molar-refractivity contribution in [2.75, 3.05) is 0 Å². The lowest BCUT2D eigenvalue weighted by Crippen LogP contribution is -1.95. The van der Waals surface area contributed by atoms with E-state index in [2.05, 4.69) is 29.9 Å². The number of fused-ring (bicyclic) bond motifs is 1. The van der Waals surface area contributed by atoms with Crippen molar-refractivity contribution in [3.63, 3.8) is 0 Å². The monoisotopic (exact) mass is 292 g/mol. The van der Waals surface area contributed by atoms with Crippen LogP contribution in [0, 0.1) is 0 Å². The second-order valence-electron chi connectivity index (χ2n) is 3.68. The SMILES string of the molecule is CCc1nc(Cl)cc(Sc2ncnc3nc[nH]c23)n1. The van der Waals surface area contributed by atoms with E-state index in [-0.39, 0.29) is 0 Å². The molecule has 3 rings (SSSR count). The van der Waals surface area contributed by atoms with Gasteiger partial charge >= 0.3 is 0 Å². The number of nitrogens with zero attached hydrogens (tertiary/aromatic N) is 5. The third-order valence-electron chi connectivity index (χ3n) is 2.42. The maximum Gasteiger partial charge on any atom is 0.181 e. The van der Waals surface area contributed by atoms with E-state index in [0.717, 1.165) is 22.0 Å². The Balaban J connectivity index is 2.01. The standard InChI is InChI=1S/C11H9ClN6S/c1-2-7-17-6(12)3-8(18-7)19-11-9-10(14-4-13-9)15-5-16-11/h3-5H,2H2,1H3,(H,13,14,15,16). The molecule has 0 bridgehead atoms. The molecule has 1 N–H and O–H groups in total. The molecule has 0 saturated carbocycles. The first kappa shape index (κ1) is 12.3. The summed E-state index contributed by atoms with van der Waals surface area (Å²) in [6.45, 7) is 1.98. The third kappa shape index (κ3) is 2.52. The van der Waals surface area contributed by atoms with Crippen LogP contribution in [0.15, 0.2) is 28.8 Å². The summed E-state index contributed by atoms with van der Waals surface area (Å²) in [5.74, 6) is 0.713. The van der Waals surface area contributed by atoms with Crippen molar-refractivity contribution in [1.29, 1.82) is 0 Å². The van der Waals surface area contributed by atoms with Gasteiger partial charge in [-0.3, -0.25) is 0 Å². The van der Waals surface area contributed by atoms with Gasteiger partial charge < -0.3 is 4.98 Å². The maximum atomic E-state index is 5.97. The zero-order chi connectivity index (χ0) is 13.2. The fourth-order valence-electron chi connectivity index (χ4n) is 1.57. The molecule has 0 amide bonds. The number of aromatic nitrogens is 6. The molecule has 96 valence electrons. The van der Waals surface area contributed by atoms with Gasteiger partial charge in [0, 0.05) is 12.5 Å². The van der Waals surface area contributed by atoms with E-state index in [1.54, 1.807) is 12.4 Å². The van der Waals surface area contributed by atoms with Crippen LogP contribution in [-0.2, 0) is 6.42 Å². The molecule has 0 atom stereocenters. The average molecular weight is 293 g/mol. The van der Waals surface area contributed by atoms with Crippen molar-refractivity contribution >= 4 is 34.5 Å². The minimum absolute atomic E-state index is 0.435. The number of aryl methyl sites for hydroxylation is 1. The molecule has 0 spiro atoms. The Bertz CT molecular complexity index is 728. The van der Waals surface area contributed by atoms with E-state index < -0.39 is 0 Å². The summed E-state index contributed by atoms with van der Waals surface area (Å²) in [6, 6.07) is 1.72. The Morgan fingerprint density at radius 2 is 2.16 bits per heavy atom. The molecule has 0 saturated heterocycles. The van der Waals surface area contributed by atoms with Gasteiger partial charge in [0.05, 0.1) is 6.33 Å². The second kappa shape index (κ2) is 5.10. The molecule has 0 fully saturated rings. The smallest absolute Gasteiger partial charge is 0.181 e. The van der Waals surface area contributed by atoms with E-state index in [1.165, 1.54) is 18.1 Å². The van der Waals surface area contributed by atoms with Crippen molar-refractivity contribution < 1.29 is 0 Å². The van der Waals surface area contributed by atoms with Gasteiger partial charge in [-0.1, -0.05) is 18.5 Å². The fraction of sp³-hybridized carbons (Fsp3) is 0.182. The summed E-state index contributed by atoms with van der Waals surface area (Å²) in [5, 5.41) is 1.95. The Labute approximate surface area is 118 Å². The zero-order valence-electron chi connectivity index (χ0n) is 9.96. The van der Waals surface area contributed by atoms with Crippen LogP contribution in [0.5, 0.6) is 0 Å². The predicted octanol–water partition coefficient (Wildman–Crippen LogP) is 2.51. The highest BCUT2D eigenvalue weighted by atomic mass is 35.5. The predicted molar refractivity (Wildman–Crippen MR) is 72.2 cm³/mol. The highest BCUT2D eigenvalue weighted by Crippen LogP contribution is 2.29. The van der Waals surface area contributed by atoms with Crippen molar-refractivity contribution in [3.8, 4) is 0 Å². The zero-order valence-corrected chi connectivity index (χ0v) is 11.5. The highest BCUT2D eigenvalue weighted by Gasteiger charge is 2.10. The minimum Gasteiger partial charge on any atom is -0.341 e. The number of aromatic amines is 1. The number of H-pyrrole nitrogens is 1. The van der Waals surface area contributed by atoms with Gasteiger partial charge in [-0.15, -0.1) is 0 Å². The summed E-state index contributed by atoms with van der Waals surface area (Å²) < 4.78 is 0. The van der Waals surface area contributed by atoms with Crippen LogP contribution < -0.4 is 0 Å². The molecule has 8 heteroatoms. The van der Waals surface area contributed by atoms with Gasteiger partial charge in [-0.25, -0.2) is 24.9 Å². The molecular formula is C11H9ClN6S. The van der Waals surface area contributed by atoms with Crippen LogP contribution >= 0.6 is 23.4 Å². The summed E-state index contributed by atoms with van der Waals surface area (Å²) in [7, 11) is 0. The molecular weight excluding hydrogens is 284 g/mol. The number of rotatable bonds is 3. The van der Waals surface area contributed by atoms with E-state index in [1.807, 2.05) is 6.92 Å².